The zero-order valence-corrected chi connectivity index (χ0v) is 17.4. The Morgan fingerprint density at radius 2 is 1.90 bits per heavy atom. The highest BCUT2D eigenvalue weighted by Crippen LogP contribution is 2.30. The first-order chi connectivity index (χ1) is 14.1. The molecule has 0 fully saturated rings. The summed E-state index contributed by atoms with van der Waals surface area (Å²) in [6.07, 6.45) is 1.54. The summed E-state index contributed by atoms with van der Waals surface area (Å²) in [6.45, 7) is 0.232. The van der Waals surface area contributed by atoms with Gasteiger partial charge in [-0.2, -0.15) is 0 Å². The van der Waals surface area contributed by atoms with Gasteiger partial charge in [0.1, 0.15) is 10.4 Å². The van der Waals surface area contributed by atoms with E-state index in [4.69, 9.17) is 4.42 Å². The first-order valence-electron chi connectivity index (χ1n) is 8.84. The average molecular weight is 465 g/mol. The molecule has 0 atom stereocenters. The molecule has 0 radical (unpaired) electrons. The van der Waals surface area contributed by atoms with E-state index in [9.17, 15) is 9.59 Å². The molecular formula is C22H13BrN2O3S. The Balaban J connectivity index is 1.68. The van der Waals surface area contributed by atoms with Crippen LogP contribution in [0.3, 0.4) is 0 Å². The van der Waals surface area contributed by atoms with Gasteiger partial charge in [-0.3, -0.25) is 9.36 Å². The summed E-state index contributed by atoms with van der Waals surface area (Å²) >= 11 is 4.84. The first-order valence-corrected chi connectivity index (χ1v) is 10.5. The van der Waals surface area contributed by atoms with Gasteiger partial charge in [0, 0.05) is 26.9 Å². The minimum absolute atomic E-state index is 0.131. The number of aromatic nitrogens is 2. The summed E-state index contributed by atoms with van der Waals surface area (Å²) in [5.74, 6) is 0. The number of thiophene rings is 1. The van der Waals surface area contributed by atoms with E-state index in [1.54, 1.807) is 6.07 Å². The van der Waals surface area contributed by atoms with Crippen molar-refractivity contribution in [3.05, 3.63) is 97.1 Å². The van der Waals surface area contributed by atoms with E-state index in [1.165, 1.54) is 28.3 Å². The van der Waals surface area contributed by atoms with E-state index >= 15 is 0 Å². The van der Waals surface area contributed by atoms with Gasteiger partial charge in [-0.1, -0.05) is 46.3 Å². The minimum Gasteiger partial charge on any atom is -0.423 e. The lowest BCUT2D eigenvalue weighted by molar-refractivity contribution is 0.557. The van der Waals surface area contributed by atoms with Crippen LogP contribution in [0.4, 0.5) is 0 Å². The van der Waals surface area contributed by atoms with Crippen LogP contribution >= 0.6 is 27.3 Å². The maximum Gasteiger partial charge on any atom is 0.336 e. The van der Waals surface area contributed by atoms with Crippen molar-refractivity contribution in [1.82, 2.24) is 9.55 Å². The summed E-state index contributed by atoms with van der Waals surface area (Å²) in [5.41, 5.74) is 2.46. The fraction of sp³-hybridized carbons (Fsp3) is 0.0455. The van der Waals surface area contributed by atoms with Crippen LogP contribution in [0.15, 0.2) is 84.8 Å². The second-order valence-corrected chi connectivity index (χ2v) is 8.38. The molecule has 3 heterocycles. The molecule has 0 aliphatic rings. The molecule has 0 aliphatic carbocycles. The Kier molecular flexibility index (Phi) is 4.41. The highest BCUT2D eigenvalue weighted by molar-refractivity contribution is 9.10. The molecule has 142 valence electrons. The van der Waals surface area contributed by atoms with E-state index in [2.05, 4.69) is 20.9 Å². The summed E-state index contributed by atoms with van der Waals surface area (Å²) in [5, 5.41) is 3.34. The molecule has 0 spiro atoms. The fourth-order valence-electron chi connectivity index (χ4n) is 3.43. The Morgan fingerprint density at radius 1 is 1.07 bits per heavy atom. The van der Waals surface area contributed by atoms with Gasteiger partial charge in [0.05, 0.1) is 18.3 Å². The van der Waals surface area contributed by atoms with Gasteiger partial charge in [-0.15, -0.1) is 11.3 Å². The Bertz CT molecular complexity index is 1490. The summed E-state index contributed by atoms with van der Waals surface area (Å²) < 4.78 is 7.65. The van der Waals surface area contributed by atoms with Gasteiger partial charge in [-0.25, -0.2) is 9.78 Å². The molecule has 0 amide bonds. The van der Waals surface area contributed by atoms with Crippen LogP contribution in [-0.4, -0.2) is 9.55 Å². The number of fused-ring (bicyclic) bond motifs is 2. The smallest absolute Gasteiger partial charge is 0.336 e. The maximum atomic E-state index is 13.3. The number of rotatable bonds is 3. The van der Waals surface area contributed by atoms with Gasteiger partial charge >= 0.3 is 5.63 Å². The Morgan fingerprint density at radius 3 is 2.72 bits per heavy atom. The van der Waals surface area contributed by atoms with Crippen LogP contribution in [0.1, 0.15) is 5.56 Å². The topological polar surface area (TPSA) is 65.1 Å². The van der Waals surface area contributed by atoms with E-state index in [-0.39, 0.29) is 12.1 Å². The molecular weight excluding hydrogens is 452 g/mol. The number of hydrogen-bond acceptors (Lipinski definition) is 5. The summed E-state index contributed by atoms with van der Waals surface area (Å²) in [6, 6.07) is 16.7. The highest BCUT2D eigenvalue weighted by atomic mass is 79.9. The number of nitrogens with zero attached hydrogens (tertiary/aromatic N) is 2. The van der Waals surface area contributed by atoms with Crippen LogP contribution in [-0.2, 0) is 6.54 Å². The molecule has 5 nitrogen and oxygen atoms in total. The van der Waals surface area contributed by atoms with E-state index in [0.29, 0.717) is 21.4 Å². The first kappa shape index (κ1) is 18.0. The Labute approximate surface area is 177 Å². The largest absolute Gasteiger partial charge is 0.423 e. The molecule has 5 rings (SSSR count). The molecule has 3 aromatic heterocycles. The van der Waals surface area contributed by atoms with Crippen LogP contribution in [0.2, 0.25) is 0 Å². The molecule has 5 aromatic rings. The van der Waals surface area contributed by atoms with Crippen LogP contribution in [0.5, 0.6) is 0 Å². The lowest BCUT2D eigenvalue weighted by Crippen LogP contribution is -2.21. The van der Waals surface area contributed by atoms with Crippen molar-refractivity contribution in [1.29, 1.82) is 0 Å². The molecule has 2 aromatic carbocycles. The van der Waals surface area contributed by atoms with Crippen LogP contribution in [0.25, 0.3) is 32.3 Å². The second kappa shape index (κ2) is 7.09. The normalized spacial score (nSPS) is 11.3. The molecule has 0 bridgehead atoms. The van der Waals surface area contributed by atoms with Crippen molar-refractivity contribution >= 4 is 48.5 Å². The van der Waals surface area contributed by atoms with Gasteiger partial charge in [0.2, 0.25) is 0 Å². The van der Waals surface area contributed by atoms with Crippen molar-refractivity contribution in [2.45, 2.75) is 6.54 Å². The van der Waals surface area contributed by atoms with Gasteiger partial charge in [0.15, 0.2) is 0 Å². The van der Waals surface area contributed by atoms with E-state index < -0.39 is 5.63 Å². The fourth-order valence-corrected chi connectivity index (χ4v) is 4.68. The van der Waals surface area contributed by atoms with Crippen molar-refractivity contribution in [2.75, 3.05) is 0 Å². The standard InChI is InChI=1S/C22H13BrN2O3S/c23-15-6-7-16-14(8-19(26)28-18(16)9-15)10-25-12-24-21-20(22(25)27)17(11-29-21)13-4-2-1-3-5-13/h1-9,11-12H,10H2. The van der Waals surface area contributed by atoms with Gasteiger partial charge in [0.25, 0.3) is 5.56 Å². The van der Waals surface area contributed by atoms with Crippen molar-refractivity contribution in [3.8, 4) is 11.1 Å². The number of halogens is 1. The zero-order valence-electron chi connectivity index (χ0n) is 15.0. The summed E-state index contributed by atoms with van der Waals surface area (Å²) in [4.78, 5) is 30.5. The van der Waals surface area contributed by atoms with Crippen molar-refractivity contribution in [2.24, 2.45) is 0 Å². The number of benzene rings is 2. The predicted molar refractivity (Wildman–Crippen MR) is 119 cm³/mol. The molecule has 7 heteroatoms. The number of hydrogen-bond donors (Lipinski definition) is 0. The summed E-state index contributed by atoms with van der Waals surface area (Å²) in [7, 11) is 0. The van der Waals surface area contributed by atoms with E-state index in [1.807, 2.05) is 47.8 Å². The lowest BCUT2D eigenvalue weighted by Gasteiger charge is -2.09. The van der Waals surface area contributed by atoms with Crippen molar-refractivity contribution < 1.29 is 4.42 Å². The third-order valence-electron chi connectivity index (χ3n) is 4.78. The zero-order chi connectivity index (χ0) is 20.0. The van der Waals surface area contributed by atoms with Crippen LogP contribution < -0.4 is 11.2 Å². The van der Waals surface area contributed by atoms with Crippen molar-refractivity contribution in [3.63, 3.8) is 0 Å². The highest BCUT2D eigenvalue weighted by Gasteiger charge is 2.14. The predicted octanol–water partition coefficient (Wildman–Crippen LogP) is 5.04. The third kappa shape index (κ3) is 3.22. The molecule has 29 heavy (non-hydrogen) atoms. The monoisotopic (exact) mass is 464 g/mol. The molecule has 0 aliphatic heterocycles. The van der Waals surface area contributed by atoms with E-state index in [0.717, 1.165) is 21.0 Å². The molecule has 0 saturated heterocycles. The molecule has 0 saturated carbocycles. The quantitative estimate of drug-likeness (QED) is 0.350. The third-order valence-corrected chi connectivity index (χ3v) is 6.16. The Hall–Kier alpha value is -3.03. The van der Waals surface area contributed by atoms with Gasteiger partial charge in [-0.05, 0) is 29.3 Å². The minimum atomic E-state index is -0.451. The average Bonchev–Trinajstić information content (AvgIpc) is 3.15. The second-order valence-electron chi connectivity index (χ2n) is 6.60. The maximum absolute atomic E-state index is 13.3. The van der Waals surface area contributed by atoms with Crippen LogP contribution in [0, 0.1) is 0 Å². The lowest BCUT2D eigenvalue weighted by atomic mass is 10.1. The molecule has 0 unspecified atom stereocenters. The molecule has 0 N–H and O–H groups in total. The van der Waals surface area contributed by atoms with Gasteiger partial charge < -0.3 is 4.42 Å². The SMILES string of the molecule is O=c1cc(Cn2cnc3scc(-c4ccccc4)c3c2=O)c2ccc(Br)cc2o1.